The monoisotopic (exact) mass is 202 g/mol. The Labute approximate surface area is 80.3 Å². The van der Waals surface area contributed by atoms with Crippen molar-refractivity contribution >= 4 is 16.8 Å². The summed E-state index contributed by atoms with van der Waals surface area (Å²) in [5, 5.41) is -0.726. The minimum absolute atomic E-state index is 0.0484. The minimum Gasteiger partial charge on any atom is -0.493 e. The van der Waals surface area contributed by atoms with E-state index in [-0.39, 0.29) is 11.3 Å². The van der Waals surface area contributed by atoms with E-state index in [2.05, 4.69) is 0 Å². The number of rotatable bonds is 2. The fraction of sp³-hybridized carbons (Fsp3) is 0.222. The molecule has 0 heterocycles. The van der Waals surface area contributed by atoms with Gasteiger partial charge in [0, 0.05) is 0 Å². The summed E-state index contributed by atoms with van der Waals surface area (Å²) in [5.74, 6) is -0.644. The average molecular weight is 203 g/mol. The number of ether oxygens (including phenoxy) is 1. The lowest BCUT2D eigenvalue weighted by molar-refractivity contribution is 0.107. The Hall–Kier alpha value is -1.09. The van der Waals surface area contributed by atoms with Crippen LogP contribution >= 0.6 is 11.6 Å². The molecule has 70 valence electrons. The lowest BCUT2D eigenvalue weighted by Crippen LogP contribution is -1.99. The Bertz CT molecular complexity index is 350. The van der Waals surface area contributed by atoms with E-state index < -0.39 is 11.1 Å². The molecule has 0 fully saturated rings. The van der Waals surface area contributed by atoms with Crippen LogP contribution in [-0.2, 0) is 0 Å². The number of carbonyl (C=O) groups excluding carboxylic acids is 1. The quantitative estimate of drug-likeness (QED) is 0.689. The molecule has 2 nitrogen and oxygen atoms in total. The zero-order valence-electron chi connectivity index (χ0n) is 7.23. The van der Waals surface area contributed by atoms with Crippen molar-refractivity contribution in [3.8, 4) is 5.75 Å². The lowest BCUT2D eigenvalue weighted by Gasteiger charge is -2.07. The molecule has 0 unspecified atom stereocenters. The molecule has 0 saturated carbocycles. The highest BCUT2D eigenvalue weighted by Crippen LogP contribution is 2.26. The second-order valence-corrected chi connectivity index (χ2v) is 2.89. The maximum atomic E-state index is 13.3. The topological polar surface area (TPSA) is 26.3 Å². The van der Waals surface area contributed by atoms with Crippen LogP contribution in [0.2, 0.25) is 0 Å². The summed E-state index contributed by atoms with van der Waals surface area (Å²) in [5.41, 5.74) is 0.464. The van der Waals surface area contributed by atoms with E-state index in [4.69, 9.17) is 16.3 Å². The summed E-state index contributed by atoms with van der Waals surface area (Å²) in [6.07, 6.45) is 0. The van der Waals surface area contributed by atoms with Crippen molar-refractivity contribution in [2.75, 3.05) is 7.11 Å². The van der Waals surface area contributed by atoms with E-state index >= 15 is 0 Å². The zero-order valence-corrected chi connectivity index (χ0v) is 7.98. The highest BCUT2D eigenvalue weighted by molar-refractivity contribution is 6.68. The molecular weight excluding hydrogens is 195 g/mol. The first-order valence-electron chi connectivity index (χ1n) is 3.61. The standard InChI is InChI=1S/C9H8ClFO2/c1-5-3-4-6(9(10)12)8(13-2)7(5)11/h3-4H,1-2H3. The third-order valence-corrected chi connectivity index (χ3v) is 1.91. The molecule has 1 rings (SSSR count). The summed E-state index contributed by atoms with van der Waals surface area (Å²) in [7, 11) is 1.29. The summed E-state index contributed by atoms with van der Waals surface area (Å²) in [6, 6.07) is 2.92. The van der Waals surface area contributed by atoms with E-state index in [9.17, 15) is 9.18 Å². The number of hydrogen-bond acceptors (Lipinski definition) is 2. The molecule has 0 aromatic heterocycles. The van der Waals surface area contributed by atoms with Gasteiger partial charge < -0.3 is 4.74 Å². The molecule has 0 spiro atoms. The third kappa shape index (κ3) is 1.80. The van der Waals surface area contributed by atoms with Gasteiger partial charge in [0.25, 0.3) is 5.24 Å². The number of benzene rings is 1. The lowest BCUT2D eigenvalue weighted by atomic mass is 10.1. The highest BCUT2D eigenvalue weighted by atomic mass is 35.5. The maximum Gasteiger partial charge on any atom is 0.256 e. The summed E-state index contributed by atoms with van der Waals surface area (Å²) >= 11 is 5.23. The maximum absolute atomic E-state index is 13.3. The van der Waals surface area contributed by atoms with Crippen LogP contribution in [0, 0.1) is 12.7 Å². The number of aryl methyl sites for hydroxylation is 1. The molecule has 0 saturated heterocycles. The van der Waals surface area contributed by atoms with Crippen LogP contribution in [0.25, 0.3) is 0 Å². The molecule has 0 N–H and O–H groups in total. The predicted molar refractivity (Wildman–Crippen MR) is 47.9 cm³/mol. The highest BCUT2D eigenvalue weighted by Gasteiger charge is 2.15. The van der Waals surface area contributed by atoms with Crippen molar-refractivity contribution in [2.45, 2.75) is 6.92 Å². The Balaban J connectivity index is 3.38. The first-order valence-corrected chi connectivity index (χ1v) is 3.98. The van der Waals surface area contributed by atoms with Gasteiger partial charge in [-0.3, -0.25) is 4.79 Å². The van der Waals surface area contributed by atoms with Crippen LogP contribution in [-0.4, -0.2) is 12.4 Å². The van der Waals surface area contributed by atoms with Crippen LogP contribution in [0.3, 0.4) is 0 Å². The van der Waals surface area contributed by atoms with E-state index in [0.717, 1.165) is 0 Å². The molecule has 0 bridgehead atoms. The van der Waals surface area contributed by atoms with E-state index in [1.165, 1.54) is 19.2 Å². The van der Waals surface area contributed by atoms with Crippen LogP contribution in [0.15, 0.2) is 12.1 Å². The molecule has 1 aromatic carbocycles. The van der Waals surface area contributed by atoms with Gasteiger partial charge in [0.1, 0.15) is 0 Å². The van der Waals surface area contributed by atoms with Crippen LogP contribution in [0.4, 0.5) is 4.39 Å². The van der Waals surface area contributed by atoms with Crippen molar-refractivity contribution < 1.29 is 13.9 Å². The first kappa shape index (κ1) is 9.99. The third-order valence-electron chi connectivity index (χ3n) is 1.71. The molecule has 0 atom stereocenters. The number of methoxy groups -OCH3 is 1. The summed E-state index contributed by atoms with van der Waals surface area (Å²) < 4.78 is 18.0. The van der Waals surface area contributed by atoms with Crippen molar-refractivity contribution in [3.63, 3.8) is 0 Å². The van der Waals surface area contributed by atoms with Gasteiger partial charge in [-0.15, -0.1) is 0 Å². The molecule has 1 aromatic rings. The number of carbonyl (C=O) groups is 1. The van der Waals surface area contributed by atoms with Gasteiger partial charge in [0.15, 0.2) is 11.6 Å². The SMILES string of the molecule is COc1c(C(=O)Cl)ccc(C)c1F. The van der Waals surface area contributed by atoms with Crippen molar-refractivity contribution in [1.29, 1.82) is 0 Å². The zero-order chi connectivity index (χ0) is 10.0. The van der Waals surface area contributed by atoms with Crippen LogP contribution in [0.1, 0.15) is 15.9 Å². The normalized spacial score (nSPS) is 9.85. The Morgan fingerprint density at radius 2 is 2.15 bits per heavy atom. The van der Waals surface area contributed by atoms with Gasteiger partial charge >= 0.3 is 0 Å². The predicted octanol–water partition coefficient (Wildman–Crippen LogP) is 2.52. The van der Waals surface area contributed by atoms with Gasteiger partial charge in [-0.25, -0.2) is 4.39 Å². The Morgan fingerprint density at radius 3 is 2.62 bits per heavy atom. The van der Waals surface area contributed by atoms with E-state index in [1.807, 2.05) is 0 Å². The molecule has 0 aliphatic heterocycles. The molecular formula is C9H8ClFO2. The van der Waals surface area contributed by atoms with Gasteiger partial charge in [-0.2, -0.15) is 0 Å². The summed E-state index contributed by atoms with van der Waals surface area (Å²) in [6.45, 7) is 1.58. The second-order valence-electron chi connectivity index (χ2n) is 2.55. The van der Waals surface area contributed by atoms with Crippen molar-refractivity contribution in [2.24, 2.45) is 0 Å². The molecule has 13 heavy (non-hydrogen) atoms. The number of halogens is 2. The van der Waals surface area contributed by atoms with Gasteiger partial charge in [-0.05, 0) is 30.2 Å². The number of hydrogen-bond donors (Lipinski definition) is 0. The average Bonchev–Trinajstić information content (AvgIpc) is 2.09. The van der Waals surface area contributed by atoms with Crippen molar-refractivity contribution in [3.05, 3.63) is 29.1 Å². The Kier molecular flexibility index (Phi) is 2.88. The fourth-order valence-electron chi connectivity index (χ4n) is 1.01. The van der Waals surface area contributed by atoms with Crippen molar-refractivity contribution in [1.82, 2.24) is 0 Å². The largest absolute Gasteiger partial charge is 0.493 e. The van der Waals surface area contributed by atoms with Gasteiger partial charge in [-0.1, -0.05) is 6.07 Å². The molecule has 0 amide bonds. The van der Waals surface area contributed by atoms with Gasteiger partial charge in [0.2, 0.25) is 0 Å². The van der Waals surface area contributed by atoms with Gasteiger partial charge in [0.05, 0.1) is 12.7 Å². The minimum atomic E-state index is -0.726. The molecule has 0 radical (unpaired) electrons. The molecule has 0 aliphatic rings. The molecule has 4 heteroatoms. The fourth-order valence-corrected chi connectivity index (χ4v) is 1.16. The molecule has 0 aliphatic carbocycles. The second kappa shape index (κ2) is 3.75. The van der Waals surface area contributed by atoms with Crippen LogP contribution in [0.5, 0.6) is 5.75 Å². The first-order chi connectivity index (χ1) is 6.07. The summed E-state index contributed by atoms with van der Waals surface area (Å²) in [4.78, 5) is 10.8. The van der Waals surface area contributed by atoms with E-state index in [0.29, 0.717) is 5.56 Å². The Morgan fingerprint density at radius 1 is 1.54 bits per heavy atom. The smallest absolute Gasteiger partial charge is 0.256 e. The van der Waals surface area contributed by atoms with Crippen LogP contribution < -0.4 is 4.74 Å². The van der Waals surface area contributed by atoms with E-state index in [1.54, 1.807) is 6.92 Å².